The predicted octanol–water partition coefficient (Wildman–Crippen LogP) is 0.223. The molecule has 1 atom stereocenters. The molecule has 0 aliphatic carbocycles. The summed E-state index contributed by atoms with van der Waals surface area (Å²) in [4.78, 5) is 18.4. The van der Waals surface area contributed by atoms with Crippen molar-refractivity contribution in [2.24, 2.45) is 0 Å². The lowest BCUT2D eigenvalue weighted by atomic mass is 10.1. The molecule has 0 radical (unpaired) electrons. The van der Waals surface area contributed by atoms with E-state index in [1.165, 1.54) is 0 Å². The summed E-state index contributed by atoms with van der Waals surface area (Å²) in [6.45, 7) is 6.37. The van der Waals surface area contributed by atoms with Gasteiger partial charge in [-0.1, -0.05) is 0 Å². The number of carbonyl (C=O) groups excluding carboxylic acids is 1. The van der Waals surface area contributed by atoms with Crippen molar-refractivity contribution in [3.8, 4) is 0 Å². The zero-order valence-corrected chi connectivity index (χ0v) is 11.2. The van der Waals surface area contributed by atoms with E-state index >= 15 is 0 Å². The van der Waals surface area contributed by atoms with Gasteiger partial charge >= 0.3 is 0 Å². The van der Waals surface area contributed by atoms with Crippen LogP contribution < -0.4 is 15.5 Å². The minimum Gasteiger partial charge on any atom is -0.357 e. The first-order valence-corrected chi connectivity index (χ1v) is 6.26. The summed E-state index contributed by atoms with van der Waals surface area (Å²) in [6.07, 6.45) is 0. The number of nitrogens with one attached hydrogen (secondary N) is 2. The quantitative estimate of drug-likeness (QED) is 0.786. The number of likely N-dealkylation sites (N-methyl/N-ethyl adjacent to an activating group) is 1. The maximum Gasteiger partial charge on any atom is 0.243 e. The number of hydrogen-bond donors (Lipinski definition) is 2. The molecule has 1 aromatic rings. The fraction of sp³-hybridized carbons (Fsp3) is 0.538. The van der Waals surface area contributed by atoms with Crippen LogP contribution in [-0.4, -0.2) is 43.6 Å². The highest BCUT2D eigenvalue weighted by Crippen LogP contribution is 2.20. The molecule has 1 fully saturated rings. The van der Waals surface area contributed by atoms with Crippen LogP contribution in [0.25, 0.3) is 0 Å². The summed E-state index contributed by atoms with van der Waals surface area (Å²) in [6, 6.07) is 3.92. The van der Waals surface area contributed by atoms with E-state index in [9.17, 15) is 4.79 Å². The molecule has 18 heavy (non-hydrogen) atoms. The van der Waals surface area contributed by atoms with Gasteiger partial charge in [-0.15, -0.1) is 0 Å². The zero-order valence-electron chi connectivity index (χ0n) is 11.2. The third-order valence-electron chi connectivity index (χ3n) is 3.19. The zero-order chi connectivity index (χ0) is 13.1. The Morgan fingerprint density at radius 3 is 2.72 bits per heavy atom. The van der Waals surface area contributed by atoms with Crippen LogP contribution in [0.15, 0.2) is 12.1 Å². The van der Waals surface area contributed by atoms with Crippen molar-refractivity contribution in [2.75, 3.05) is 31.6 Å². The SMILES string of the molecule is CNC(=O)C1CNCCN1c1cc(C)nc(C)c1. The van der Waals surface area contributed by atoms with Crippen molar-refractivity contribution < 1.29 is 4.79 Å². The Bertz CT molecular complexity index is 426. The lowest BCUT2D eigenvalue weighted by molar-refractivity contribution is -0.122. The minimum atomic E-state index is -0.148. The Morgan fingerprint density at radius 1 is 1.44 bits per heavy atom. The maximum atomic E-state index is 11.9. The van der Waals surface area contributed by atoms with Crippen LogP contribution in [0.1, 0.15) is 11.4 Å². The number of amides is 1. The van der Waals surface area contributed by atoms with Crippen molar-refractivity contribution in [3.05, 3.63) is 23.5 Å². The number of rotatable bonds is 2. The largest absolute Gasteiger partial charge is 0.357 e. The summed E-state index contributed by atoms with van der Waals surface area (Å²) in [5, 5.41) is 5.99. The second kappa shape index (κ2) is 5.35. The molecule has 0 aromatic carbocycles. The Labute approximate surface area is 108 Å². The van der Waals surface area contributed by atoms with Crippen LogP contribution in [0, 0.1) is 13.8 Å². The van der Waals surface area contributed by atoms with Gasteiger partial charge in [0.15, 0.2) is 0 Å². The van der Waals surface area contributed by atoms with Gasteiger partial charge in [0.25, 0.3) is 0 Å². The molecular weight excluding hydrogens is 228 g/mol. The number of piperazine rings is 1. The van der Waals surface area contributed by atoms with Crippen LogP contribution >= 0.6 is 0 Å². The fourth-order valence-electron chi connectivity index (χ4n) is 2.39. The van der Waals surface area contributed by atoms with Gasteiger partial charge in [-0.3, -0.25) is 9.78 Å². The number of anilines is 1. The number of nitrogens with zero attached hydrogens (tertiary/aromatic N) is 2. The summed E-state index contributed by atoms with van der Waals surface area (Å²) < 4.78 is 0. The number of hydrogen-bond acceptors (Lipinski definition) is 4. The lowest BCUT2D eigenvalue weighted by Crippen LogP contribution is -2.57. The van der Waals surface area contributed by atoms with Gasteiger partial charge in [-0.05, 0) is 26.0 Å². The summed E-state index contributed by atoms with van der Waals surface area (Å²) in [5.41, 5.74) is 3.05. The summed E-state index contributed by atoms with van der Waals surface area (Å²) in [7, 11) is 1.68. The second-order valence-electron chi connectivity index (χ2n) is 4.64. The van der Waals surface area contributed by atoms with Crippen molar-refractivity contribution in [1.29, 1.82) is 0 Å². The molecule has 2 heterocycles. The Kier molecular flexibility index (Phi) is 3.81. The number of carbonyl (C=O) groups is 1. The van der Waals surface area contributed by atoms with Crippen LogP contribution in [0.3, 0.4) is 0 Å². The molecule has 1 unspecified atom stereocenters. The molecule has 0 spiro atoms. The average molecular weight is 248 g/mol. The van der Waals surface area contributed by atoms with E-state index in [1.807, 2.05) is 26.0 Å². The third-order valence-corrected chi connectivity index (χ3v) is 3.19. The van der Waals surface area contributed by atoms with Gasteiger partial charge in [-0.25, -0.2) is 0 Å². The molecule has 0 bridgehead atoms. The van der Waals surface area contributed by atoms with Gasteiger partial charge in [0.1, 0.15) is 6.04 Å². The Balaban J connectivity index is 2.30. The molecular formula is C13H20N4O. The number of aromatic nitrogens is 1. The van der Waals surface area contributed by atoms with Gasteiger partial charge < -0.3 is 15.5 Å². The van der Waals surface area contributed by atoms with E-state index in [4.69, 9.17) is 0 Å². The molecule has 98 valence electrons. The van der Waals surface area contributed by atoms with E-state index in [2.05, 4.69) is 20.5 Å². The molecule has 1 saturated heterocycles. The Hall–Kier alpha value is -1.62. The van der Waals surface area contributed by atoms with E-state index < -0.39 is 0 Å². The third kappa shape index (κ3) is 2.61. The molecule has 0 saturated carbocycles. The topological polar surface area (TPSA) is 57.3 Å². The normalized spacial score (nSPS) is 19.7. The molecule has 1 aromatic heterocycles. The minimum absolute atomic E-state index is 0.0503. The van der Waals surface area contributed by atoms with Gasteiger partial charge in [-0.2, -0.15) is 0 Å². The highest BCUT2D eigenvalue weighted by Gasteiger charge is 2.28. The van der Waals surface area contributed by atoms with E-state index in [0.717, 1.165) is 30.2 Å². The monoisotopic (exact) mass is 248 g/mol. The van der Waals surface area contributed by atoms with E-state index in [0.29, 0.717) is 6.54 Å². The average Bonchev–Trinajstić information content (AvgIpc) is 2.36. The second-order valence-corrected chi connectivity index (χ2v) is 4.64. The van der Waals surface area contributed by atoms with Crippen molar-refractivity contribution in [3.63, 3.8) is 0 Å². The molecule has 5 heteroatoms. The van der Waals surface area contributed by atoms with Crippen molar-refractivity contribution in [2.45, 2.75) is 19.9 Å². The first-order valence-electron chi connectivity index (χ1n) is 6.26. The number of aryl methyl sites for hydroxylation is 2. The summed E-state index contributed by atoms with van der Waals surface area (Å²) >= 11 is 0. The van der Waals surface area contributed by atoms with Gasteiger partial charge in [0, 0.05) is 43.8 Å². The standard InChI is InChI=1S/C13H20N4O/c1-9-6-11(7-10(2)16-9)17-5-4-15-8-12(17)13(18)14-3/h6-7,12,15H,4-5,8H2,1-3H3,(H,14,18). The van der Waals surface area contributed by atoms with Crippen molar-refractivity contribution >= 4 is 11.6 Å². The highest BCUT2D eigenvalue weighted by atomic mass is 16.2. The Morgan fingerprint density at radius 2 is 2.11 bits per heavy atom. The van der Waals surface area contributed by atoms with Crippen molar-refractivity contribution in [1.82, 2.24) is 15.6 Å². The molecule has 1 aliphatic heterocycles. The number of pyridine rings is 1. The first kappa shape index (κ1) is 12.8. The van der Waals surface area contributed by atoms with E-state index in [-0.39, 0.29) is 11.9 Å². The molecule has 2 rings (SSSR count). The first-order chi connectivity index (χ1) is 8.61. The van der Waals surface area contributed by atoms with Crippen LogP contribution in [0.4, 0.5) is 5.69 Å². The maximum absolute atomic E-state index is 11.9. The smallest absolute Gasteiger partial charge is 0.243 e. The van der Waals surface area contributed by atoms with Gasteiger partial charge in [0.05, 0.1) is 0 Å². The molecule has 5 nitrogen and oxygen atoms in total. The van der Waals surface area contributed by atoms with Crippen LogP contribution in [0.2, 0.25) is 0 Å². The van der Waals surface area contributed by atoms with E-state index in [1.54, 1.807) is 7.05 Å². The van der Waals surface area contributed by atoms with Crippen LogP contribution in [0.5, 0.6) is 0 Å². The molecule has 1 aliphatic rings. The lowest BCUT2D eigenvalue weighted by Gasteiger charge is -2.36. The van der Waals surface area contributed by atoms with Gasteiger partial charge in [0.2, 0.25) is 5.91 Å². The van der Waals surface area contributed by atoms with Crippen LogP contribution in [-0.2, 0) is 4.79 Å². The fourth-order valence-corrected chi connectivity index (χ4v) is 2.39. The molecule has 1 amide bonds. The molecule has 2 N–H and O–H groups in total. The predicted molar refractivity (Wildman–Crippen MR) is 71.8 cm³/mol. The summed E-state index contributed by atoms with van der Waals surface area (Å²) in [5.74, 6) is 0.0503. The highest BCUT2D eigenvalue weighted by molar-refractivity contribution is 5.85.